The molecule has 1 heterocycles. The Morgan fingerprint density at radius 3 is 2.60 bits per heavy atom. The van der Waals surface area contributed by atoms with E-state index in [9.17, 15) is 0 Å². The van der Waals surface area contributed by atoms with Crippen LogP contribution in [0.1, 0.15) is 51.1 Å². The zero-order valence-electron chi connectivity index (χ0n) is 12.4. The molecule has 1 nitrogen and oxygen atoms in total. The maximum atomic E-state index is 5.94. The molecule has 1 spiro atoms. The molecular formula is C18H23NS. The summed E-state index contributed by atoms with van der Waals surface area (Å²) in [6.45, 7) is 5.85. The largest absolute Gasteiger partial charge is 0.359 e. The molecule has 3 aliphatic rings. The van der Waals surface area contributed by atoms with Crippen LogP contribution < -0.4 is 0 Å². The van der Waals surface area contributed by atoms with Gasteiger partial charge in [-0.25, -0.2) is 0 Å². The first-order chi connectivity index (χ1) is 9.63. The van der Waals surface area contributed by atoms with Gasteiger partial charge in [0.1, 0.15) is 0 Å². The second-order valence-electron chi connectivity index (χ2n) is 7.15. The summed E-state index contributed by atoms with van der Waals surface area (Å²) in [7, 11) is 0. The molecule has 3 fully saturated rings. The van der Waals surface area contributed by atoms with E-state index in [2.05, 4.69) is 49.1 Å². The van der Waals surface area contributed by atoms with Crippen LogP contribution in [0.4, 0.5) is 0 Å². The van der Waals surface area contributed by atoms with Gasteiger partial charge in [0, 0.05) is 12.0 Å². The third-order valence-corrected chi connectivity index (χ3v) is 7.05. The minimum Gasteiger partial charge on any atom is -0.359 e. The molecule has 20 heavy (non-hydrogen) atoms. The molecule has 4 rings (SSSR count). The molecule has 106 valence electrons. The predicted molar refractivity (Wildman–Crippen MR) is 86.7 cm³/mol. The van der Waals surface area contributed by atoms with Crippen molar-refractivity contribution in [2.45, 2.75) is 45.6 Å². The monoisotopic (exact) mass is 285 g/mol. The lowest BCUT2D eigenvalue weighted by atomic mass is 9.52. The Hall–Kier alpha value is -0.890. The average Bonchev–Trinajstić information content (AvgIpc) is 3.23. The van der Waals surface area contributed by atoms with Gasteiger partial charge in [-0.15, -0.1) is 0 Å². The van der Waals surface area contributed by atoms with Crippen molar-refractivity contribution < 1.29 is 0 Å². The molecule has 3 atom stereocenters. The van der Waals surface area contributed by atoms with E-state index in [4.69, 9.17) is 12.2 Å². The first-order valence-electron chi connectivity index (χ1n) is 7.99. The number of likely N-dealkylation sites (tertiary alicyclic amines) is 1. The molecule has 0 amide bonds. The quantitative estimate of drug-likeness (QED) is 0.747. The van der Waals surface area contributed by atoms with Crippen molar-refractivity contribution in [1.82, 2.24) is 4.90 Å². The number of rotatable bonds is 3. The van der Waals surface area contributed by atoms with Crippen LogP contribution >= 0.6 is 12.2 Å². The summed E-state index contributed by atoms with van der Waals surface area (Å²) < 4.78 is 0. The summed E-state index contributed by atoms with van der Waals surface area (Å²) in [4.78, 5) is 3.80. The zero-order valence-corrected chi connectivity index (χ0v) is 13.2. The SMILES string of the molecule is CC[C@@]12CC3(CC3)[C@@H]1CN([C@@H](C)c1ccccc1)C2=S. The molecule has 1 aromatic rings. The third kappa shape index (κ3) is 1.46. The van der Waals surface area contributed by atoms with Crippen LogP contribution in [0, 0.1) is 16.7 Å². The highest BCUT2D eigenvalue weighted by Gasteiger charge is 2.72. The van der Waals surface area contributed by atoms with Crippen LogP contribution in [0.15, 0.2) is 30.3 Å². The van der Waals surface area contributed by atoms with Crippen molar-refractivity contribution in [3.05, 3.63) is 35.9 Å². The van der Waals surface area contributed by atoms with Crippen molar-refractivity contribution in [2.24, 2.45) is 16.7 Å². The number of nitrogens with zero attached hydrogens (tertiary/aromatic N) is 1. The number of thiocarbonyl (C=S) groups is 1. The Morgan fingerprint density at radius 1 is 1.30 bits per heavy atom. The van der Waals surface area contributed by atoms with Gasteiger partial charge < -0.3 is 4.90 Å². The molecule has 1 aliphatic heterocycles. The van der Waals surface area contributed by atoms with E-state index >= 15 is 0 Å². The first-order valence-corrected chi connectivity index (χ1v) is 8.40. The maximum Gasteiger partial charge on any atom is 0.0850 e. The molecule has 2 aliphatic carbocycles. The van der Waals surface area contributed by atoms with Crippen LogP contribution in [0.3, 0.4) is 0 Å². The number of hydrogen-bond donors (Lipinski definition) is 0. The Morgan fingerprint density at radius 2 is 2.00 bits per heavy atom. The Kier molecular flexibility index (Phi) is 2.61. The molecule has 2 saturated carbocycles. The number of hydrogen-bond acceptors (Lipinski definition) is 1. The van der Waals surface area contributed by atoms with E-state index in [0.29, 0.717) is 16.9 Å². The first kappa shape index (κ1) is 12.8. The van der Waals surface area contributed by atoms with Crippen LogP contribution in [0.2, 0.25) is 0 Å². The van der Waals surface area contributed by atoms with Gasteiger partial charge in [0.15, 0.2) is 0 Å². The molecule has 1 aromatic carbocycles. The lowest BCUT2D eigenvalue weighted by molar-refractivity contribution is 0.0135. The van der Waals surface area contributed by atoms with Crippen molar-refractivity contribution in [3.63, 3.8) is 0 Å². The summed E-state index contributed by atoms with van der Waals surface area (Å²) in [6, 6.07) is 11.3. The van der Waals surface area contributed by atoms with Gasteiger partial charge >= 0.3 is 0 Å². The average molecular weight is 285 g/mol. The van der Waals surface area contributed by atoms with E-state index in [0.717, 1.165) is 5.92 Å². The number of fused-ring (bicyclic) bond motifs is 2. The molecule has 0 bridgehead atoms. The van der Waals surface area contributed by atoms with Crippen molar-refractivity contribution >= 4 is 17.2 Å². The molecule has 0 aromatic heterocycles. The van der Waals surface area contributed by atoms with E-state index in [1.807, 2.05) is 0 Å². The number of benzene rings is 1. The Labute approximate surface area is 127 Å². The highest BCUT2D eigenvalue weighted by Crippen LogP contribution is 2.76. The summed E-state index contributed by atoms with van der Waals surface area (Å²) in [5.74, 6) is 0.846. The lowest BCUT2D eigenvalue weighted by Gasteiger charge is -2.51. The zero-order chi connectivity index (χ0) is 14.0. The second kappa shape index (κ2) is 4.07. The predicted octanol–water partition coefficient (Wildman–Crippen LogP) is 4.59. The molecule has 0 unspecified atom stereocenters. The van der Waals surface area contributed by atoms with Gasteiger partial charge in [-0.1, -0.05) is 49.5 Å². The molecular weight excluding hydrogens is 262 g/mol. The highest BCUT2D eigenvalue weighted by molar-refractivity contribution is 7.80. The molecule has 0 N–H and O–H groups in total. The standard InChI is InChI=1S/C18H23NS/c1-3-18-12-17(9-10-17)15(18)11-19(16(18)20)13(2)14-7-5-4-6-8-14/h4-8,13,15H,3,9-12H2,1-2H3/t13-,15-,18+/m0/s1. The molecule has 1 saturated heterocycles. The van der Waals surface area contributed by atoms with Gasteiger partial charge in [0.2, 0.25) is 0 Å². The maximum absolute atomic E-state index is 5.94. The molecule has 0 radical (unpaired) electrons. The lowest BCUT2D eigenvalue weighted by Crippen LogP contribution is -2.50. The van der Waals surface area contributed by atoms with Gasteiger partial charge in [0.25, 0.3) is 0 Å². The fraction of sp³-hybridized carbons (Fsp3) is 0.611. The fourth-order valence-electron chi connectivity index (χ4n) is 4.94. The van der Waals surface area contributed by atoms with Crippen LogP contribution in [0.25, 0.3) is 0 Å². The van der Waals surface area contributed by atoms with Crippen molar-refractivity contribution in [3.8, 4) is 0 Å². The van der Waals surface area contributed by atoms with Gasteiger partial charge in [-0.2, -0.15) is 0 Å². The van der Waals surface area contributed by atoms with E-state index < -0.39 is 0 Å². The van der Waals surface area contributed by atoms with Gasteiger partial charge in [-0.3, -0.25) is 0 Å². The van der Waals surface area contributed by atoms with E-state index in [-0.39, 0.29) is 0 Å². The molecule has 2 heteroatoms. The van der Waals surface area contributed by atoms with Crippen LogP contribution in [-0.4, -0.2) is 16.4 Å². The summed E-state index contributed by atoms with van der Waals surface area (Å²) in [5.41, 5.74) is 2.47. The Bertz CT molecular complexity index is 548. The van der Waals surface area contributed by atoms with Crippen molar-refractivity contribution in [2.75, 3.05) is 6.54 Å². The topological polar surface area (TPSA) is 3.24 Å². The van der Waals surface area contributed by atoms with E-state index in [1.165, 1.54) is 42.8 Å². The third-order valence-electron chi connectivity index (χ3n) is 6.41. The fourth-order valence-corrected chi connectivity index (χ4v) is 5.53. The van der Waals surface area contributed by atoms with Crippen molar-refractivity contribution in [1.29, 1.82) is 0 Å². The Balaban J connectivity index is 1.63. The van der Waals surface area contributed by atoms with Crippen LogP contribution in [-0.2, 0) is 0 Å². The summed E-state index contributed by atoms with van der Waals surface area (Å²) in [6.07, 6.45) is 5.51. The highest BCUT2D eigenvalue weighted by atomic mass is 32.1. The smallest absolute Gasteiger partial charge is 0.0850 e. The summed E-state index contributed by atoms with van der Waals surface area (Å²) >= 11 is 5.94. The normalized spacial score (nSPS) is 34.8. The summed E-state index contributed by atoms with van der Waals surface area (Å²) in [5, 5.41) is 0. The van der Waals surface area contributed by atoms with E-state index in [1.54, 1.807) is 0 Å². The minimum absolute atomic E-state index is 0.370. The van der Waals surface area contributed by atoms with Gasteiger partial charge in [0.05, 0.1) is 11.0 Å². The minimum atomic E-state index is 0.370. The van der Waals surface area contributed by atoms with Gasteiger partial charge in [-0.05, 0) is 49.5 Å². The van der Waals surface area contributed by atoms with Crippen LogP contribution in [0.5, 0.6) is 0 Å². The second-order valence-corrected chi connectivity index (χ2v) is 7.53.